The van der Waals surface area contributed by atoms with Gasteiger partial charge in [-0.1, -0.05) is 29.9 Å². The van der Waals surface area contributed by atoms with E-state index in [1.165, 1.54) is 0 Å². The Kier molecular flexibility index (Phi) is 4.43. The average molecular weight is 236 g/mol. The molecular weight excluding hydrogens is 220 g/mol. The van der Waals surface area contributed by atoms with Crippen LogP contribution in [0.15, 0.2) is 24.3 Å². The number of aryl methyl sites for hydroxylation is 1. The minimum atomic E-state index is -0.0321. The largest absolute Gasteiger partial charge is 0.392 e. The molecule has 86 valence electrons. The molecule has 0 radical (unpaired) electrons. The number of thiocarbonyl (C=S) groups is 1. The lowest BCUT2D eigenvalue weighted by atomic mass is 10.1. The summed E-state index contributed by atoms with van der Waals surface area (Å²) < 4.78 is 0. The standard InChI is InChI=1S/C12H16N2OS/c1-3-14(8-11(13)16)12(15)10-6-4-9(2)5-7-10/h4-7H,3,8H2,1-2H3,(H2,13,16). The summed E-state index contributed by atoms with van der Waals surface area (Å²) in [6.45, 7) is 4.83. The molecule has 0 fully saturated rings. The molecule has 0 atom stereocenters. The third-order valence-corrected chi connectivity index (χ3v) is 2.44. The number of rotatable bonds is 4. The van der Waals surface area contributed by atoms with Crippen molar-refractivity contribution in [3.05, 3.63) is 35.4 Å². The number of carbonyl (C=O) groups is 1. The van der Waals surface area contributed by atoms with Crippen LogP contribution in [0.2, 0.25) is 0 Å². The van der Waals surface area contributed by atoms with Gasteiger partial charge in [-0.25, -0.2) is 0 Å². The lowest BCUT2D eigenvalue weighted by molar-refractivity contribution is 0.0788. The Bertz CT molecular complexity index is 387. The molecule has 3 nitrogen and oxygen atoms in total. The SMILES string of the molecule is CCN(CC(N)=S)C(=O)c1ccc(C)cc1. The van der Waals surface area contributed by atoms with Gasteiger partial charge in [-0.2, -0.15) is 0 Å². The molecule has 0 saturated carbocycles. The van der Waals surface area contributed by atoms with Gasteiger partial charge in [0.15, 0.2) is 0 Å². The molecule has 16 heavy (non-hydrogen) atoms. The van der Waals surface area contributed by atoms with E-state index >= 15 is 0 Å². The van der Waals surface area contributed by atoms with Crippen LogP contribution in [0, 0.1) is 6.92 Å². The summed E-state index contributed by atoms with van der Waals surface area (Å²) in [4.78, 5) is 14.0. The maximum atomic E-state index is 12.0. The molecule has 0 saturated heterocycles. The maximum absolute atomic E-state index is 12.0. The van der Waals surface area contributed by atoms with Crippen LogP contribution in [0.25, 0.3) is 0 Å². The van der Waals surface area contributed by atoms with Crippen molar-refractivity contribution in [2.75, 3.05) is 13.1 Å². The third-order valence-electron chi connectivity index (χ3n) is 2.31. The molecule has 1 rings (SSSR count). The van der Waals surface area contributed by atoms with Gasteiger partial charge in [0, 0.05) is 12.1 Å². The Hall–Kier alpha value is -1.42. The highest BCUT2D eigenvalue weighted by Crippen LogP contribution is 2.06. The highest BCUT2D eigenvalue weighted by molar-refractivity contribution is 7.80. The monoisotopic (exact) mass is 236 g/mol. The zero-order chi connectivity index (χ0) is 12.1. The van der Waals surface area contributed by atoms with Gasteiger partial charge in [-0.05, 0) is 26.0 Å². The number of nitrogens with two attached hydrogens (primary N) is 1. The zero-order valence-electron chi connectivity index (χ0n) is 9.56. The van der Waals surface area contributed by atoms with Crippen molar-refractivity contribution in [3.63, 3.8) is 0 Å². The summed E-state index contributed by atoms with van der Waals surface area (Å²) >= 11 is 4.81. The quantitative estimate of drug-likeness (QED) is 0.810. The van der Waals surface area contributed by atoms with E-state index in [0.717, 1.165) is 5.56 Å². The van der Waals surface area contributed by atoms with Crippen LogP contribution in [0.4, 0.5) is 0 Å². The number of nitrogens with zero attached hydrogens (tertiary/aromatic N) is 1. The highest BCUT2D eigenvalue weighted by atomic mass is 32.1. The highest BCUT2D eigenvalue weighted by Gasteiger charge is 2.14. The zero-order valence-corrected chi connectivity index (χ0v) is 10.4. The lowest BCUT2D eigenvalue weighted by Gasteiger charge is -2.20. The van der Waals surface area contributed by atoms with E-state index in [1.807, 2.05) is 38.1 Å². The van der Waals surface area contributed by atoms with Crippen LogP contribution in [0.5, 0.6) is 0 Å². The van der Waals surface area contributed by atoms with Gasteiger partial charge in [0.05, 0.1) is 11.5 Å². The van der Waals surface area contributed by atoms with Gasteiger partial charge < -0.3 is 10.6 Å². The normalized spacial score (nSPS) is 9.88. The topological polar surface area (TPSA) is 46.3 Å². The predicted molar refractivity (Wildman–Crippen MR) is 69.5 cm³/mol. The van der Waals surface area contributed by atoms with Crippen molar-refractivity contribution >= 4 is 23.1 Å². The molecule has 0 bridgehead atoms. The number of hydrogen-bond acceptors (Lipinski definition) is 2. The smallest absolute Gasteiger partial charge is 0.254 e. The predicted octanol–water partition coefficient (Wildman–Crippen LogP) is 1.74. The first-order valence-electron chi connectivity index (χ1n) is 5.19. The Morgan fingerprint density at radius 1 is 1.38 bits per heavy atom. The minimum absolute atomic E-state index is 0.0321. The summed E-state index contributed by atoms with van der Waals surface area (Å²) in [7, 11) is 0. The van der Waals surface area contributed by atoms with Crippen molar-refractivity contribution in [1.29, 1.82) is 0 Å². The molecule has 0 aliphatic rings. The first-order valence-corrected chi connectivity index (χ1v) is 5.59. The third kappa shape index (κ3) is 3.31. The van der Waals surface area contributed by atoms with E-state index in [1.54, 1.807) is 4.90 Å². The summed E-state index contributed by atoms with van der Waals surface area (Å²) in [6.07, 6.45) is 0. The first-order chi connectivity index (χ1) is 7.54. The van der Waals surface area contributed by atoms with E-state index < -0.39 is 0 Å². The van der Waals surface area contributed by atoms with Crippen LogP contribution in [-0.2, 0) is 0 Å². The van der Waals surface area contributed by atoms with E-state index in [-0.39, 0.29) is 5.91 Å². The van der Waals surface area contributed by atoms with E-state index in [4.69, 9.17) is 18.0 Å². The fourth-order valence-corrected chi connectivity index (χ4v) is 1.55. The van der Waals surface area contributed by atoms with Crippen molar-refractivity contribution in [2.24, 2.45) is 5.73 Å². The van der Waals surface area contributed by atoms with Crippen molar-refractivity contribution in [1.82, 2.24) is 4.90 Å². The van der Waals surface area contributed by atoms with Crippen molar-refractivity contribution in [2.45, 2.75) is 13.8 Å². The molecule has 1 aromatic carbocycles. The summed E-state index contributed by atoms with van der Waals surface area (Å²) in [5.41, 5.74) is 7.25. The van der Waals surface area contributed by atoms with Crippen molar-refractivity contribution < 1.29 is 4.79 Å². The summed E-state index contributed by atoms with van der Waals surface area (Å²) in [5.74, 6) is -0.0321. The fraction of sp³-hybridized carbons (Fsp3) is 0.333. The minimum Gasteiger partial charge on any atom is -0.392 e. The molecule has 0 unspecified atom stereocenters. The van der Waals surface area contributed by atoms with E-state index in [9.17, 15) is 4.79 Å². The van der Waals surface area contributed by atoms with Crippen LogP contribution in [0.3, 0.4) is 0 Å². The van der Waals surface area contributed by atoms with Crippen LogP contribution < -0.4 is 5.73 Å². The van der Waals surface area contributed by atoms with Crippen molar-refractivity contribution in [3.8, 4) is 0 Å². The Balaban J connectivity index is 2.82. The summed E-state index contributed by atoms with van der Waals surface area (Å²) in [6, 6.07) is 7.48. The van der Waals surface area contributed by atoms with Gasteiger partial charge in [0.1, 0.15) is 0 Å². The Labute approximate surface area is 101 Å². The van der Waals surface area contributed by atoms with Gasteiger partial charge in [0.2, 0.25) is 0 Å². The second-order valence-electron chi connectivity index (χ2n) is 3.65. The molecular formula is C12H16N2OS. The van der Waals surface area contributed by atoms with Crippen LogP contribution >= 0.6 is 12.2 Å². The molecule has 1 aromatic rings. The van der Waals surface area contributed by atoms with Crippen LogP contribution in [-0.4, -0.2) is 28.9 Å². The first kappa shape index (κ1) is 12.6. The molecule has 0 aromatic heterocycles. The number of hydrogen-bond donors (Lipinski definition) is 1. The molecule has 0 spiro atoms. The van der Waals surface area contributed by atoms with Crippen LogP contribution in [0.1, 0.15) is 22.8 Å². The number of amides is 1. The number of likely N-dealkylation sites (N-methyl/N-ethyl adjacent to an activating group) is 1. The molecule has 0 heterocycles. The van der Waals surface area contributed by atoms with Gasteiger partial charge in [-0.15, -0.1) is 0 Å². The molecule has 0 aliphatic heterocycles. The molecule has 4 heteroatoms. The Morgan fingerprint density at radius 3 is 2.38 bits per heavy atom. The maximum Gasteiger partial charge on any atom is 0.254 e. The number of carbonyl (C=O) groups excluding carboxylic acids is 1. The Morgan fingerprint density at radius 2 is 1.94 bits per heavy atom. The lowest BCUT2D eigenvalue weighted by Crippen LogP contribution is -2.37. The van der Waals surface area contributed by atoms with Gasteiger partial charge in [-0.3, -0.25) is 4.79 Å². The second kappa shape index (κ2) is 5.61. The fourth-order valence-electron chi connectivity index (χ4n) is 1.39. The molecule has 1 amide bonds. The van der Waals surface area contributed by atoms with E-state index in [2.05, 4.69) is 0 Å². The average Bonchev–Trinajstić information content (AvgIpc) is 2.25. The van der Waals surface area contributed by atoms with Gasteiger partial charge >= 0.3 is 0 Å². The summed E-state index contributed by atoms with van der Waals surface area (Å²) in [5, 5.41) is 0. The second-order valence-corrected chi connectivity index (χ2v) is 4.18. The molecule has 2 N–H and O–H groups in total. The number of benzene rings is 1. The van der Waals surface area contributed by atoms with Gasteiger partial charge in [0.25, 0.3) is 5.91 Å². The molecule has 0 aliphatic carbocycles. The van der Waals surface area contributed by atoms with E-state index in [0.29, 0.717) is 23.6 Å².